The zero-order valence-electron chi connectivity index (χ0n) is 11.1. The van der Waals surface area contributed by atoms with Crippen LogP contribution in [0, 0.1) is 0 Å². The van der Waals surface area contributed by atoms with E-state index in [4.69, 9.17) is 0 Å². The zero-order valence-corrected chi connectivity index (χ0v) is 11.1. The molecule has 0 bridgehead atoms. The van der Waals surface area contributed by atoms with Crippen molar-refractivity contribution in [3.8, 4) is 0 Å². The van der Waals surface area contributed by atoms with Gasteiger partial charge in [-0.1, -0.05) is 43.9 Å². The molecule has 2 rings (SSSR count). The molecule has 98 valence electrons. The molecule has 1 saturated carbocycles. The maximum absolute atomic E-state index is 12.1. The van der Waals surface area contributed by atoms with Gasteiger partial charge in [-0.3, -0.25) is 4.90 Å². The van der Waals surface area contributed by atoms with Crippen molar-refractivity contribution in [2.24, 2.45) is 0 Å². The van der Waals surface area contributed by atoms with Gasteiger partial charge in [-0.05, 0) is 25.0 Å². The summed E-state index contributed by atoms with van der Waals surface area (Å²) in [6.07, 6.45) is 7.32. The summed E-state index contributed by atoms with van der Waals surface area (Å²) in [5, 5.41) is 3.14. The van der Waals surface area contributed by atoms with E-state index in [0.717, 1.165) is 18.5 Å². The quantitative estimate of drug-likeness (QED) is 0.795. The second-order valence-corrected chi connectivity index (χ2v) is 5.03. The van der Waals surface area contributed by atoms with Crippen LogP contribution in [-0.2, 0) is 0 Å². The Hall–Kier alpha value is -1.51. The third kappa shape index (κ3) is 3.49. The fourth-order valence-electron chi connectivity index (χ4n) is 2.46. The minimum atomic E-state index is 0.00750. The molecule has 1 aromatic carbocycles. The highest BCUT2D eigenvalue weighted by molar-refractivity contribution is 5.91. The average Bonchev–Trinajstić information content (AvgIpc) is 2.67. The number of nitrogens with zero attached hydrogens (tertiary/aromatic N) is 1. The molecule has 3 heteroatoms. The normalized spacial score (nSPS) is 16.9. The van der Waals surface area contributed by atoms with E-state index in [1.807, 2.05) is 37.4 Å². The smallest absolute Gasteiger partial charge is 0.321 e. The summed E-state index contributed by atoms with van der Waals surface area (Å²) in [5.74, 6) is 0. The molecule has 0 atom stereocenters. The molecule has 1 fully saturated rings. The molecule has 0 aromatic heterocycles. The van der Waals surface area contributed by atoms with Crippen LogP contribution >= 0.6 is 0 Å². The number of rotatable bonds is 2. The van der Waals surface area contributed by atoms with Gasteiger partial charge in [0.25, 0.3) is 0 Å². The van der Waals surface area contributed by atoms with Crippen molar-refractivity contribution in [1.82, 2.24) is 5.32 Å². The summed E-state index contributed by atoms with van der Waals surface area (Å²) < 4.78 is 0. The summed E-state index contributed by atoms with van der Waals surface area (Å²) >= 11 is 0. The molecule has 0 spiro atoms. The standard InChI is InChI=1S/C15H22N2O/c1-17(14-11-7-4-8-12-14)15(18)16-13-9-5-2-3-6-10-13/h4,7-8,11-13H,2-3,5-6,9-10H2,1H3,(H,16,18). The van der Waals surface area contributed by atoms with E-state index in [1.54, 1.807) is 4.90 Å². The lowest BCUT2D eigenvalue weighted by Gasteiger charge is -2.22. The van der Waals surface area contributed by atoms with Crippen LogP contribution in [0.5, 0.6) is 0 Å². The van der Waals surface area contributed by atoms with Crippen LogP contribution in [0.1, 0.15) is 38.5 Å². The zero-order chi connectivity index (χ0) is 12.8. The Kier molecular flexibility index (Phi) is 4.62. The summed E-state index contributed by atoms with van der Waals surface area (Å²) in [6.45, 7) is 0. The highest BCUT2D eigenvalue weighted by Crippen LogP contribution is 2.18. The molecule has 0 unspecified atom stereocenters. The molecule has 18 heavy (non-hydrogen) atoms. The van der Waals surface area contributed by atoms with Crippen molar-refractivity contribution >= 4 is 11.7 Å². The molecular weight excluding hydrogens is 224 g/mol. The summed E-state index contributed by atoms with van der Waals surface area (Å²) in [7, 11) is 1.82. The van der Waals surface area contributed by atoms with E-state index in [0.29, 0.717) is 6.04 Å². The highest BCUT2D eigenvalue weighted by Gasteiger charge is 2.17. The van der Waals surface area contributed by atoms with Crippen molar-refractivity contribution in [1.29, 1.82) is 0 Å². The fraction of sp³-hybridized carbons (Fsp3) is 0.533. The van der Waals surface area contributed by atoms with Gasteiger partial charge in [0.2, 0.25) is 0 Å². The molecular formula is C15H22N2O. The lowest BCUT2D eigenvalue weighted by atomic mass is 10.1. The van der Waals surface area contributed by atoms with Crippen molar-refractivity contribution in [3.63, 3.8) is 0 Å². The molecule has 0 aliphatic heterocycles. The largest absolute Gasteiger partial charge is 0.335 e. The van der Waals surface area contributed by atoms with Gasteiger partial charge < -0.3 is 5.32 Å². The molecule has 1 N–H and O–H groups in total. The first kappa shape index (κ1) is 12.9. The summed E-state index contributed by atoms with van der Waals surface area (Å²) in [4.78, 5) is 13.8. The first-order valence-electron chi connectivity index (χ1n) is 6.86. The number of para-hydroxylation sites is 1. The fourth-order valence-corrected chi connectivity index (χ4v) is 2.46. The average molecular weight is 246 g/mol. The highest BCUT2D eigenvalue weighted by atomic mass is 16.2. The maximum Gasteiger partial charge on any atom is 0.321 e. The predicted octanol–water partition coefficient (Wildman–Crippen LogP) is 3.56. The number of benzene rings is 1. The molecule has 2 amide bonds. The number of carbonyl (C=O) groups is 1. The second-order valence-electron chi connectivity index (χ2n) is 5.03. The van der Waals surface area contributed by atoms with Crippen molar-refractivity contribution in [3.05, 3.63) is 30.3 Å². The topological polar surface area (TPSA) is 32.3 Å². The van der Waals surface area contributed by atoms with E-state index in [-0.39, 0.29) is 6.03 Å². The molecule has 0 radical (unpaired) electrons. The SMILES string of the molecule is CN(C(=O)NC1CCCCCC1)c1ccccc1. The van der Waals surface area contributed by atoms with E-state index in [9.17, 15) is 4.79 Å². The van der Waals surface area contributed by atoms with Crippen LogP contribution in [0.2, 0.25) is 0 Å². The first-order chi connectivity index (χ1) is 8.77. The van der Waals surface area contributed by atoms with Crippen LogP contribution in [0.3, 0.4) is 0 Å². The Morgan fingerprint density at radius 2 is 1.72 bits per heavy atom. The molecule has 0 saturated heterocycles. The van der Waals surface area contributed by atoms with E-state index < -0.39 is 0 Å². The number of carbonyl (C=O) groups excluding carboxylic acids is 1. The van der Waals surface area contributed by atoms with E-state index in [1.165, 1.54) is 25.7 Å². The Bertz CT molecular complexity index is 369. The number of nitrogens with one attached hydrogen (secondary N) is 1. The first-order valence-corrected chi connectivity index (χ1v) is 6.86. The lowest BCUT2D eigenvalue weighted by molar-refractivity contribution is 0.242. The maximum atomic E-state index is 12.1. The van der Waals surface area contributed by atoms with Gasteiger partial charge >= 0.3 is 6.03 Å². The number of hydrogen-bond donors (Lipinski definition) is 1. The van der Waals surface area contributed by atoms with Crippen LogP contribution in [0.25, 0.3) is 0 Å². The van der Waals surface area contributed by atoms with Gasteiger partial charge in [0.05, 0.1) is 0 Å². The number of amides is 2. The van der Waals surface area contributed by atoms with Crippen molar-refractivity contribution in [2.45, 2.75) is 44.6 Å². The molecule has 1 aliphatic carbocycles. The van der Waals surface area contributed by atoms with Gasteiger partial charge in [0, 0.05) is 18.8 Å². The van der Waals surface area contributed by atoms with Gasteiger partial charge in [0.1, 0.15) is 0 Å². The predicted molar refractivity (Wildman–Crippen MR) is 74.9 cm³/mol. The molecule has 1 aliphatic rings. The second kappa shape index (κ2) is 6.43. The lowest BCUT2D eigenvalue weighted by Crippen LogP contribution is -2.43. The molecule has 3 nitrogen and oxygen atoms in total. The van der Waals surface area contributed by atoms with Crippen LogP contribution in [0.15, 0.2) is 30.3 Å². The molecule has 1 aromatic rings. The molecule has 0 heterocycles. The Morgan fingerprint density at radius 1 is 1.11 bits per heavy atom. The third-order valence-electron chi connectivity index (χ3n) is 3.63. The van der Waals surface area contributed by atoms with Crippen molar-refractivity contribution in [2.75, 3.05) is 11.9 Å². The van der Waals surface area contributed by atoms with Gasteiger partial charge in [-0.2, -0.15) is 0 Å². The Morgan fingerprint density at radius 3 is 2.33 bits per heavy atom. The van der Waals surface area contributed by atoms with E-state index >= 15 is 0 Å². The van der Waals surface area contributed by atoms with Crippen molar-refractivity contribution < 1.29 is 4.79 Å². The Labute approximate surface area is 109 Å². The number of hydrogen-bond acceptors (Lipinski definition) is 1. The summed E-state index contributed by atoms with van der Waals surface area (Å²) in [5.41, 5.74) is 0.934. The van der Waals surface area contributed by atoms with Crippen LogP contribution < -0.4 is 10.2 Å². The number of anilines is 1. The minimum Gasteiger partial charge on any atom is -0.335 e. The van der Waals surface area contributed by atoms with Gasteiger partial charge in [-0.25, -0.2) is 4.79 Å². The Balaban J connectivity index is 1.90. The van der Waals surface area contributed by atoms with Crippen LogP contribution in [-0.4, -0.2) is 19.1 Å². The monoisotopic (exact) mass is 246 g/mol. The third-order valence-corrected chi connectivity index (χ3v) is 3.63. The summed E-state index contributed by atoms with van der Waals surface area (Å²) in [6, 6.07) is 10.1. The van der Waals surface area contributed by atoms with Crippen LogP contribution in [0.4, 0.5) is 10.5 Å². The van der Waals surface area contributed by atoms with E-state index in [2.05, 4.69) is 5.32 Å². The van der Waals surface area contributed by atoms with Gasteiger partial charge in [0.15, 0.2) is 0 Å². The number of urea groups is 1. The van der Waals surface area contributed by atoms with Gasteiger partial charge in [-0.15, -0.1) is 0 Å². The minimum absolute atomic E-state index is 0.00750.